The summed E-state index contributed by atoms with van der Waals surface area (Å²) in [4.78, 5) is 26.1. The summed E-state index contributed by atoms with van der Waals surface area (Å²) >= 11 is 37.2. The van der Waals surface area contributed by atoms with E-state index in [1.807, 2.05) is 0 Å². The van der Waals surface area contributed by atoms with E-state index in [1.165, 1.54) is 19.2 Å². The van der Waals surface area contributed by atoms with E-state index in [2.05, 4.69) is 0 Å². The molecule has 34 heavy (non-hydrogen) atoms. The highest BCUT2D eigenvalue weighted by molar-refractivity contribution is 6.48. The standard InChI is InChI=1S/C21H8Cl6O7/c1-31-21-8(9-15(28)11-13(26)4(22)2-6(24)16(11)32-19(9)29)10-18(34-21)12-14(27)5(23)3-7(25)17(12)33-20(10)30/h2-3,8,21,28H,1H3. The molecule has 0 radical (unpaired) electrons. The SMILES string of the molecule is COC1Oc2c(c(=O)oc3c(Cl)cc(Cl)c(Cl)c23)C1c1c(O)c2c(Cl)c(Cl)cc(Cl)c2oc1=O. The molecule has 1 N–H and O–H groups in total. The molecule has 0 fully saturated rings. The summed E-state index contributed by atoms with van der Waals surface area (Å²) in [6.07, 6.45) is -1.28. The molecule has 0 spiro atoms. The Morgan fingerprint density at radius 1 is 0.794 bits per heavy atom. The van der Waals surface area contributed by atoms with Crippen LogP contribution in [0.3, 0.4) is 0 Å². The second kappa shape index (κ2) is 8.38. The topological polar surface area (TPSA) is 99.1 Å². The van der Waals surface area contributed by atoms with Gasteiger partial charge in [-0.25, -0.2) is 9.59 Å². The van der Waals surface area contributed by atoms with Crippen LogP contribution in [0.5, 0.6) is 11.5 Å². The van der Waals surface area contributed by atoms with Gasteiger partial charge in [0.05, 0.1) is 58.0 Å². The maximum absolute atomic E-state index is 13.1. The Balaban J connectivity index is 1.91. The lowest BCUT2D eigenvalue weighted by Crippen LogP contribution is -2.28. The Hall–Kier alpha value is -1.84. The fourth-order valence-electron chi connectivity index (χ4n) is 3.98. The molecule has 176 valence electrons. The monoisotopic (exact) mass is 582 g/mol. The number of fused-ring (bicyclic) bond motifs is 4. The highest BCUT2D eigenvalue weighted by Crippen LogP contribution is 2.51. The number of methoxy groups -OCH3 is 1. The van der Waals surface area contributed by atoms with Gasteiger partial charge in [0, 0.05) is 7.11 Å². The van der Waals surface area contributed by atoms with Crippen LogP contribution >= 0.6 is 69.6 Å². The zero-order valence-corrected chi connectivity index (χ0v) is 21.0. The van der Waals surface area contributed by atoms with E-state index in [9.17, 15) is 14.7 Å². The van der Waals surface area contributed by atoms with Crippen LogP contribution in [0.1, 0.15) is 17.0 Å². The molecule has 2 atom stereocenters. The van der Waals surface area contributed by atoms with Gasteiger partial charge in [-0.1, -0.05) is 69.6 Å². The number of halogens is 6. The fraction of sp³-hybridized carbons (Fsp3) is 0.143. The van der Waals surface area contributed by atoms with Gasteiger partial charge in [-0.3, -0.25) is 0 Å². The average Bonchev–Trinajstić information content (AvgIpc) is 3.15. The van der Waals surface area contributed by atoms with Crippen LogP contribution in [0.25, 0.3) is 21.9 Å². The van der Waals surface area contributed by atoms with Crippen molar-refractivity contribution in [3.8, 4) is 11.5 Å². The summed E-state index contributed by atoms with van der Waals surface area (Å²) in [6, 6.07) is 2.57. The summed E-state index contributed by atoms with van der Waals surface area (Å²) in [5, 5.41) is 11.0. The molecule has 0 saturated heterocycles. The molecule has 0 amide bonds. The van der Waals surface area contributed by atoms with E-state index in [-0.39, 0.29) is 63.4 Å². The average molecular weight is 585 g/mol. The van der Waals surface area contributed by atoms with E-state index in [4.69, 9.17) is 87.9 Å². The second-order valence-corrected chi connectivity index (χ2v) is 9.59. The van der Waals surface area contributed by atoms with Gasteiger partial charge in [0.1, 0.15) is 11.5 Å². The van der Waals surface area contributed by atoms with Crippen molar-refractivity contribution in [1.82, 2.24) is 0 Å². The molecule has 3 heterocycles. The molecule has 13 heteroatoms. The number of ether oxygens (including phenoxy) is 2. The highest BCUT2D eigenvalue weighted by Gasteiger charge is 2.45. The minimum absolute atomic E-state index is 0.00204. The van der Waals surface area contributed by atoms with E-state index < -0.39 is 34.8 Å². The zero-order valence-electron chi connectivity index (χ0n) is 16.5. The summed E-state index contributed by atoms with van der Waals surface area (Å²) < 4.78 is 22.0. The molecule has 1 aliphatic rings. The third-order valence-corrected chi connectivity index (χ3v) is 7.54. The van der Waals surface area contributed by atoms with Crippen molar-refractivity contribution < 1.29 is 23.4 Å². The van der Waals surface area contributed by atoms with Gasteiger partial charge in [0.25, 0.3) is 0 Å². The number of hydrogen-bond acceptors (Lipinski definition) is 7. The van der Waals surface area contributed by atoms with Crippen LogP contribution in [0.15, 0.2) is 30.6 Å². The van der Waals surface area contributed by atoms with Crippen LogP contribution < -0.4 is 16.0 Å². The number of rotatable bonds is 2. The number of benzene rings is 2. The second-order valence-electron chi connectivity index (χ2n) is 7.20. The predicted octanol–water partition coefficient (Wildman–Crippen LogP) is 7.02. The minimum Gasteiger partial charge on any atom is -0.507 e. The van der Waals surface area contributed by atoms with Gasteiger partial charge in [-0.15, -0.1) is 0 Å². The normalized spacial score (nSPS) is 17.4. The number of aromatic hydroxyl groups is 1. The van der Waals surface area contributed by atoms with Gasteiger partial charge < -0.3 is 23.4 Å². The first-order chi connectivity index (χ1) is 16.1. The molecule has 4 aromatic rings. The van der Waals surface area contributed by atoms with Gasteiger partial charge in [-0.05, 0) is 12.1 Å². The molecule has 0 aliphatic carbocycles. The van der Waals surface area contributed by atoms with Crippen LogP contribution in [-0.4, -0.2) is 18.5 Å². The van der Waals surface area contributed by atoms with Crippen molar-refractivity contribution in [1.29, 1.82) is 0 Å². The first kappa shape index (κ1) is 23.9. The maximum Gasteiger partial charge on any atom is 0.344 e. The largest absolute Gasteiger partial charge is 0.507 e. The first-order valence-corrected chi connectivity index (χ1v) is 11.5. The minimum atomic E-state index is -1.32. The molecule has 0 saturated carbocycles. The van der Waals surface area contributed by atoms with E-state index in [1.54, 1.807) is 0 Å². The van der Waals surface area contributed by atoms with Gasteiger partial charge >= 0.3 is 11.3 Å². The van der Waals surface area contributed by atoms with E-state index in [0.29, 0.717) is 0 Å². The molecule has 1 aliphatic heterocycles. The van der Waals surface area contributed by atoms with Crippen molar-refractivity contribution in [2.45, 2.75) is 12.2 Å². The Bertz CT molecular complexity index is 1660. The Morgan fingerprint density at radius 2 is 1.29 bits per heavy atom. The van der Waals surface area contributed by atoms with Crippen LogP contribution in [-0.2, 0) is 4.74 Å². The highest BCUT2D eigenvalue weighted by atomic mass is 35.5. The number of hydrogen-bond donors (Lipinski definition) is 1. The summed E-state index contributed by atoms with van der Waals surface area (Å²) in [5.74, 6) is -2.02. The third-order valence-electron chi connectivity index (χ3n) is 5.41. The van der Waals surface area contributed by atoms with Crippen molar-refractivity contribution in [3.05, 3.63) is 74.2 Å². The molecule has 5 rings (SSSR count). The predicted molar refractivity (Wildman–Crippen MR) is 130 cm³/mol. The van der Waals surface area contributed by atoms with Crippen molar-refractivity contribution in [2.75, 3.05) is 7.11 Å². The van der Waals surface area contributed by atoms with Crippen LogP contribution in [0.2, 0.25) is 30.1 Å². The smallest absolute Gasteiger partial charge is 0.344 e. The Morgan fingerprint density at radius 3 is 1.85 bits per heavy atom. The van der Waals surface area contributed by atoms with Crippen LogP contribution in [0, 0.1) is 0 Å². The van der Waals surface area contributed by atoms with Crippen LogP contribution in [0.4, 0.5) is 0 Å². The molecular weight excluding hydrogens is 577 g/mol. The fourth-order valence-corrected chi connectivity index (χ4v) is 5.43. The molecule has 0 bridgehead atoms. The quantitative estimate of drug-likeness (QED) is 0.200. The summed E-state index contributed by atoms with van der Waals surface area (Å²) in [5.41, 5.74) is -2.78. The van der Waals surface area contributed by atoms with Crippen molar-refractivity contribution in [3.63, 3.8) is 0 Å². The van der Waals surface area contributed by atoms with E-state index in [0.717, 1.165) is 0 Å². The van der Waals surface area contributed by atoms with Gasteiger partial charge in [0.15, 0.2) is 11.2 Å². The Kier molecular flexibility index (Phi) is 5.89. The zero-order chi connectivity index (χ0) is 24.6. The lowest BCUT2D eigenvalue weighted by Gasteiger charge is -2.18. The molecule has 7 nitrogen and oxygen atoms in total. The summed E-state index contributed by atoms with van der Waals surface area (Å²) in [6.45, 7) is 0. The maximum atomic E-state index is 13.1. The lowest BCUT2D eigenvalue weighted by molar-refractivity contribution is -0.0472. The van der Waals surface area contributed by atoms with Crippen molar-refractivity contribution in [2.24, 2.45) is 0 Å². The lowest BCUT2D eigenvalue weighted by atomic mass is 9.92. The van der Waals surface area contributed by atoms with Gasteiger partial charge in [-0.2, -0.15) is 0 Å². The third kappa shape index (κ3) is 3.30. The molecule has 2 aromatic heterocycles. The van der Waals surface area contributed by atoms with E-state index >= 15 is 0 Å². The molecule has 2 aromatic carbocycles. The first-order valence-electron chi connectivity index (χ1n) is 9.23. The molecular formula is C21H8Cl6O7. The molecule has 2 unspecified atom stereocenters. The Labute approximate surface area is 219 Å². The van der Waals surface area contributed by atoms with Crippen molar-refractivity contribution >= 4 is 91.5 Å². The van der Waals surface area contributed by atoms with Gasteiger partial charge in [0.2, 0.25) is 6.29 Å². The summed E-state index contributed by atoms with van der Waals surface area (Å²) in [7, 11) is 1.27.